The van der Waals surface area contributed by atoms with Gasteiger partial charge in [-0.1, -0.05) is 13.8 Å². The van der Waals surface area contributed by atoms with Crippen LogP contribution in [0.25, 0.3) is 0 Å². The molecule has 16 heavy (non-hydrogen) atoms. The Hall–Kier alpha value is -1.79. The lowest BCUT2D eigenvalue weighted by Gasteiger charge is -2.21. The van der Waals surface area contributed by atoms with Crippen molar-refractivity contribution in [3.05, 3.63) is 0 Å². The molecule has 7 heteroatoms. The van der Waals surface area contributed by atoms with Gasteiger partial charge in [-0.3, -0.25) is 9.59 Å². The highest BCUT2D eigenvalue weighted by Gasteiger charge is 2.25. The Labute approximate surface area is 93.4 Å². The van der Waals surface area contributed by atoms with E-state index < -0.39 is 30.0 Å². The molecule has 92 valence electrons. The first-order chi connectivity index (χ1) is 7.25. The molecule has 5 N–H and O–H groups in total. The summed E-state index contributed by atoms with van der Waals surface area (Å²) in [6.45, 7) is 4.81. The zero-order valence-electron chi connectivity index (χ0n) is 9.48. The van der Waals surface area contributed by atoms with E-state index in [0.717, 1.165) is 0 Å². The summed E-state index contributed by atoms with van der Waals surface area (Å²) in [4.78, 5) is 32.8. The summed E-state index contributed by atoms with van der Waals surface area (Å²) >= 11 is 0. The van der Waals surface area contributed by atoms with E-state index in [2.05, 4.69) is 10.6 Å². The van der Waals surface area contributed by atoms with E-state index in [4.69, 9.17) is 10.8 Å². The van der Waals surface area contributed by atoms with Gasteiger partial charge in [0.2, 0.25) is 11.8 Å². The van der Waals surface area contributed by atoms with Crippen molar-refractivity contribution in [2.45, 2.75) is 32.9 Å². The van der Waals surface area contributed by atoms with Gasteiger partial charge in [0.15, 0.2) is 0 Å². The summed E-state index contributed by atoms with van der Waals surface area (Å²) < 4.78 is 0. The zero-order chi connectivity index (χ0) is 12.9. The standard InChI is InChI=1S/C9H17N3O4/c1-4(2)6(12-9(15)16)8(14)11-5(3)7(10)13/h4-6,12H,1-3H3,(H2,10,13)(H,11,14)(H,15,16)/t5-,6-/m0/s1. The minimum atomic E-state index is -1.29. The Morgan fingerprint density at radius 1 is 1.12 bits per heavy atom. The molecule has 0 unspecified atom stereocenters. The number of carboxylic acid groups (broad SMARTS) is 1. The Morgan fingerprint density at radius 3 is 1.94 bits per heavy atom. The minimum absolute atomic E-state index is 0.226. The number of hydrogen-bond donors (Lipinski definition) is 4. The first kappa shape index (κ1) is 14.2. The smallest absolute Gasteiger partial charge is 0.405 e. The van der Waals surface area contributed by atoms with Crippen LogP contribution in [0, 0.1) is 5.92 Å². The highest BCUT2D eigenvalue weighted by molar-refractivity contribution is 5.90. The first-order valence-corrected chi connectivity index (χ1v) is 4.84. The Morgan fingerprint density at radius 2 is 1.62 bits per heavy atom. The normalized spacial score (nSPS) is 14.0. The predicted molar refractivity (Wildman–Crippen MR) is 56.6 cm³/mol. The van der Waals surface area contributed by atoms with Crippen LogP contribution in [0.3, 0.4) is 0 Å². The van der Waals surface area contributed by atoms with Gasteiger partial charge in [-0.15, -0.1) is 0 Å². The molecule has 0 heterocycles. The van der Waals surface area contributed by atoms with Crippen molar-refractivity contribution < 1.29 is 19.5 Å². The van der Waals surface area contributed by atoms with Crippen LogP contribution in [-0.4, -0.2) is 35.1 Å². The number of carbonyl (C=O) groups excluding carboxylic acids is 2. The van der Waals surface area contributed by atoms with Crippen LogP contribution in [0.5, 0.6) is 0 Å². The van der Waals surface area contributed by atoms with Crippen molar-refractivity contribution in [2.24, 2.45) is 11.7 Å². The molecule has 0 aromatic heterocycles. The summed E-state index contributed by atoms with van der Waals surface area (Å²) in [6.07, 6.45) is -1.29. The van der Waals surface area contributed by atoms with Gasteiger partial charge >= 0.3 is 6.09 Å². The quantitative estimate of drug-likeness (QED) is 0.498. The van der Waals surface area contributed by atoms with E-state index in [1.54, 1.807) is 13.8 Å². The van der Waals surface area contributed by atoms with Gasteiger partial charge in [-0.25, -0.2) is 4.79 Å². The average Bonchev–Trinajstić information content (AvgIpc) is 2.12. The molecule has 0 aliphatic heterocycles. The maximum absolute atomic E-state index is 11.6. The molecule has 0 saturated carbocycles. The molecule has 0 aromatic rings. The summed E-state index contributed by atoms with van der Waals surface area (Å²) in [5.74, 6) is -1.47. The van der Waals surface area contributed by atoms with Gasteiger partial charge in [-0.2, -0.15) is 0 Å². The molecule has 3 amide bonds. The van der Waals surface area contributed by atoms with Crippen molar-refractivity contribution in [3.63, 3.8) is 0 Å². The van der Waals surface area contributed by atoms with Crippen molar-refractivity contribution in [3.8, 4) is 0 Å². The molecule has 0 spiro atoms. The van der Waals surface area contributed by atoms with Crippen LogP contribution in [0.4, 0.5) is 4.79 Å². The van der Waals surface area contributed by atoms with Crippen molar-refractivity contribution >= 4 is 17.9 Å². The molecule has 0 saturated heterocycles. The summed E-state index contributed by atoms with van der Waals surface area (Å²) in [5, 5.41) is 12.9. The fourth-order valence-corrected chi connectivity index (χ4v) is 1.04. The molecule has 0 aliphatic rings. The first-order valence-electron chi connectivity index (χ1n) is 4.84. The zero-order valence-corrected chi connectivity index (χ0v) is 9.48. The number of amides is 3. The molecule has 7 nitrogen and oxygen atoms in total. The van der Waals surface area contributed by atoms with Crippen molar-refractivity contribution in [1.29, 1.82) is 0 Å². The lowest BCUT2D eigenvalue weighted by molar-refractivity contribution is -0.128. The van der Waals surface area contributed by atoms with Crippen LogP contribution in [-0.2, 0) is 9.59 Å². The third-order valence-electron chi connectivity index (χ3n) is 2.01. The number of nitrogens with two attached hydrogens (primary N) is 1. The van der Waals surface area contributed by atoms with Gasteiger partial charge in [0.1, 0.15) is 12.1 Å². The number of hydrogen-bond acceptors (Lipinski definition) is 3. The SMILES string of the molecule is CC(C)[C@H](NC(=O)O)C(=O)N[C@@H](C)C(N)=O. The topological polar surface area (TPSA) is 122 Å². The fourth-order valence-electron chi connectivity index (χ4n) is 1.04. The molecule has 0 rings (SSSR count). The summed E-state index contributed by atoms with van der Waals surface area (Å²) in [5.41, 5.74) is 4.97. The van der Waals surface area contributed by atoms with Crippen LogP contribution < -0.4 is 16.4 Å². The summed E-state index contributed by atoms with van der Waals surface area (Å²) in [6, 6.07) is -1.73. The molecule has 2 atom stereocenters. The van der Waals surface area contributed by atoms with Crippen LogP contribution >= 0.6 is 0 Å². The van der Waals surface area contributed by atoms with Crippen molar-refractivity contribution in [1.82, 2.24) is 10.6 Å². The lowest BCUT2D eigenvalue weighted by atomic mass is 10.0. The Bertz CT molecular complexity index is 290. The Kier molecular flexibility index (Phi) is 5.27. The molecule has 0 fully saturated rings. The van der Waals surface area contributed by atoms with Crippen LogP contribution in [0.1, 0.15) is 20.8 Å². The summed E-state index contributed by atoms with van der Waals surface area (Å²) in [7, 11) is 0. The highest BCUT2D eigenvalue weighted by Crippen LogP contribution is 2.02. The van der Waals surface area contributed by atoms with Gasteiger partial charge in [0, 0.05) is 0 Å². The molecule has 0 aromatic carbocycles. The van der Waals surface area contributed by atoms with Gasteiger partial charge < -0.3 is 21.5 Å². The number of primary amides is 1. The monoisotopic (exact) mass is 231 g/mol. The predicted octanol–water partition coefficient (Wildman–Crippen LogP) is -0.731. The largest absolute Gasteiger partial charge is 0.465 e. The van der Waals surface area contributed by atoms with Gasteiger partial charge in [0.25, 0.3) is 0 Å². The lowest BCUT2D eigenvalue weighted by Crippen LogP contribution is -2.53. The van der Waals surface area contributed by atoms with Crippen LogP contribution in [0.15, 0.2) is 0 Å². The second kappa shape index (κ2) is 5.94. The molecular weight excluding hydrogens is 214 g/mol. The molecule has 0 aliphatic carbocycles. The molecular formula is C9H17N3O4. The van der Waals surface area contributed by atoms with E-state index in [-0.39, 0.29) is 5.92 Å². The third kappa shape index (κ3) is 4.63. The van der Waals surface area contributed by atoms with E-state index in [0.29, 0.717) is 0 Å². The average molecular weight is 231 g/mol. The molecule has 0 radical (unpaired) electrons. The Balaban J connectivity index is 4.50. The van der Waals surface area contributed by atoms with E-state index in [9.17, 15) is 14.4 Å². The van der Waals surface area contributed by atoms with Crippen molar-refractivity contribution in [2.75, 3.05) is 0 Å². The second-order valence-electron chi connectivity index (χ2n) is 3.80. The van der Waals surface area contributed by atoms with Gasteiger partial charge in [0.05, 0.1) is 0 Å². The highest BCUT2D eigenvalue weighted by atomic mass is 16.4. The van der Waals surface area contributed by atoms with E-state index >= 15 is 0 Å². The van der Waals surface area contributed by atoms with Gasteiger partial charge in [-0.05, 0) is 12.8 Å². The van der Waals surface area contributed by atoms with Crippen LogP contribution in [0.2, 0.25) is 0 Å². The van der Waals surface area contributed by atoms with E-state index in [1.807, 2.05) is 0 Å². The molecule has 0 bridgehead atoms. The number of carbonyl (C=O) groups is 3. The minimum Gasteiger partial charge on any atom is -0.465 e. The number of rotatable bonds is 5. The fraction of sp³-hybridized carbons (Fsp3) is 0.667. The second-order valence-corrected chi connectivity index (χ2v) is 3.80. The van der Waals surface area contributed by atoms with E-state index in [1.165, 1.54) is 6.92 Å². The third-order valence-corrected chi connectivity index (χ3v) is 2.01. The maximum Gasteiger partial charge on any atom is 0.405 e. The maximum atomic E-state index is 11.6. The number of nitrogens with one attached hydrogen (secondary N) is 2.